The normalized spacial score (nSPS) is 13.5. The van der Waals surface area contributed by atoms with E-state index in [9.17, 15) is 10.1 Å². The van der Waals surface area contributed by atoms with Crippen molar-refractivity contribution in [3.8, 4) is 11.8 Å². The Balaban J connectivity index is 0.000000239. The zero-order valence-electron chi connectivity index (χ0n) is 16.4. The highest BCUT2D eigenvalue weighted by atomic mass is 35.5. The van der Waals surface area contributed by atoms with Gasteiger partial charge in [-0.25, -0.2) is 4.98 Å². The number of piperidine rings is 1. The number of nitrogen functional groups attached to an aromatic ring is 1. The molecule has 9 heteroatoms. The summed E-state index contributed by atoms with van der Waals surface area (Å²) in [5.74, 6) is 0.0301. The molecule has 1 aliphatic rings. The number of hydrogen-bond donors (Lipinski definition) is 2. The first-order valence-corrected chi connectivity index (χ1v) is 10.2. The van der Waals surface area contributed by atoms with E-state index < -0.39 is 0 Å². The summed E-state index contributed by atoms with van der Waals surface area (Å²) in [6.45, 7) is 1.68. The van der Waals surface area contributed by atoms with Crippen molar-refractivity contribution in [3.63, 3.8) is 0 Å². The number of aromatic nitrogens is 2. The van der Waals surface area contributed by atoms with Crippen molar-refractivity contribution in [2.24, 2.45) is 7.05 Å². The highest BCUT2D eigenvalue weighted by Gasteiger charge is 2.22. The zero-order chi connectivity index (χ0) is 21.8. The summed E-state index contributed by atoms with van der Waals surface area (Å²) in [4.78, 5) is 18.9. The van der Waals surface area contributed by atoms with E-state index in [0.29, 0.717) is 32.6 Å². The number of pyridine rings is 2. The molecule has 0 amide bonds. The topological polar surface area (TPSA) is 108 Å². The van der Waals surface area contributed by atoms with Crippen LogP contribution in [-0.4, -0.2) is 27.7 Å². The van der Waals surface area contributed by atoms with Crippen LogP contribution in [0.3, 0.4) is 0 Å². The number of rotatable bonds is 1. The number of phenolic OH excluding ortho intramolecular Hbond substituents is 1. The lowest BCUT2D eigenvalue weighted by Gasteiger charge is -2.30. The lowest BCUT2D eigenvalue weighted by Crippen LogP contribution is -2.33. The summed E-state index contributed by atoms with van der Waals surface area (Å²) in [7, 11) is 1.65. The van der Waals surface area contributed by atoms with Gasteiger partial charge in [-0.1, -0.05) is 23.2 Å². The predicted octanol–water partition coefficient (Wildman–Crippen LogP) is 4.08. The van der Waals surface area contributed by atoms with Gasteiger partial charge in [0.25, 0.3) is 5.56 Å². The SMILES string of the molecule is Cn1c(=O)c(C#N)c(N2CCCCC2)c2nc(Cl)ccc21.Nc1ccc(Cl)cc1O. The number of nitrogens with zero attached hydrogens (tertiary/aromatic N) is 4. The van der Waals surface area contributed by atoms with Crippen LogP contribution >= 0.6 is 23.2 Å². The quantitative estimate of drug-likeness (QED) is 0.331. The minimum absolute atomic E-state index is 0.0301. The fourth-order valence-electron chi connectivity index (χ4n) is 3.41. The highest BCUT2D eigenvalue weighted by molar-refractivity contribution is 6.30. The van der Waals surface area contributed by atoms with Gasteiger partial charge in [-0.05, 0) is 43.5 Å². The van der Waals surface area contributed by atoms with Crippen molar-refractivity contribution in [2.75, 3.05) is 23.7 Å². The van der Waals surface area contributed by atoms with Crippen LogP contribution in [0.2, 0.25) is 10.2 Å². The van der Waals surface area contributed by atoms with Crippen LogP contribution in [0.15, 0.2) is 35.1 Å². The van der Waals surface area contributed by atoms with Gasteiger partial charge in [-0.3, -0.25) is 4.79 Å². The summed E-state index contributed by atoms with van der Waals surface area (Å²) in [6, 6.07) is 10.1. The smallest absolute Gasteiger partial charge is 0.270 e. The molecule has 2 aromatic heterocycles. The second kappa shape index (κ2) is 9.24. The summed E-state index contributed by atoms with van der Waals surface area (Å²) in [6.07, 6.45) is 3.29. The van der Waals surface area contributed by atoms with Crippen LogP contribution in [0.5, 0.6) is 5.75 Å². The van der Waals surface area contributed by atoms with E-state index in [4.69, 9.17) is 34.0 Å². The molecule has 30 heavy (non-hydrogen) atoms. The molecule has 0 unspecified atom stereocenters. The fraction of sp³-hybridized carbons (Fsp3) is 0.286. The number of phenols is 1. The molecule has 4 rings (SSSR count). The molecule has 1 aliphatic heterocycles. The molecular weight excluding hydrogens is 425 g/mol. The van der Waals surface area contributed by atoms with Crippen molar-refractivity contribution in [1.82, 2.24) is 9.55 Å². The third-order valence-electron chi connectivity index (χ3n) is 4.96. The first-order chi connectivity index (χ1) is 14.3. The van der Waals surface area contributed by atoms with Gasteiger partial charge in [0.1, 0.15) is 28.1 Å². The molecule has 0 radical (unpaired) electrons. The minimum Gasteiger partial charge on any atom is -0.506 e. The molecule has 3 N–H and O–H groups in total. The minimum atomic E-state index is -0.283. The molecule has 0 bridgehead atoms. The lowest BCUT2D eigenvalue weighted by molar-refractivity contribution is 0.478. The van der Waals surface area contributed by atoms with Crippen molar-refractivity contribution in [1.29, 1.82) is 5.26 Å². The maximum atomic E-state index is 12.4. The molecule has 7 nitrogen and oxygen atoms in total. The summed E-state index contributed by atoms with van der Waals surface area (Å²) >= 11 is 11.5. The number of aryl methyl sites for hydroxylation is 1. The molecule has 0 saturated carbocycles. The Morgan fingerprint density at radius 3 is 2.47 bits per heavy atom. The maximum absolute atomic E-state index is 12.4. The Kier molecular flexibility index (Phi) is 6.70. The highest BCUT2D eigenvalue weighted by Crippen LogP contribution is 2.30. The van der Waals surface area contributed by atoms with Crippen LogP contribution < -0.4 is 16.2 Å². The monoisotopic (exact) mass is 445 g/mol. The molecule has 1 saturated heterocycles. The van der Waals surface area contributed by atoms with Gasteiger partial charge in [0.05, 0.1) is 16.9 Å². The van der Waals surface area contributed by atoms with Crippen LogP contribution in [0.25, 0.3) is 11.0 Å². The summed E-state index contributed by atoms with van der Waals surface area (Å²) < 4.78 is 1.46. The standard InChI is InChI=1S/C15H15ClN4O.C6H6ClNO/c1-19-11-5-6-12(16)18-13(11)14(10(9-17)15(19)21)20-7-3-2-4-8-20;7-4-1-2-5(8)6(9)3-4/h5-6H,2-4,7-8H2,1H3;1-3,9H,8H2. The number of anilines is 2. The van der Waals surface area contributed by atoms with Gasteiger partial charge in [-0.2, -0.15) is 5.26 Å². The Morgan fingerprint density at radius 1 is 1.17 bits per heavy atom. The van der Waals surface area contributed by atoms with Crippen LogP contribution in [0.4, 0.5) is 11.4 Å². The number of nitrogens with two attached hydrogens (primary N) is 1. The average Bonchev–Trinajstić information content (AvgIpc) is 2.74. The van der Waals surface area contributed by atoms with Gasteiger partial charge in [0, 0.05) is 31.2 Å². The van der Waals surface area contributed by atoms with E-state index in [1.807, 2.05) is 0 Å². The van der Waals surface area contributed by atoms with E-state index in [1.54, 1.807) is 31.3 Å². The number of nitriles is 1. The second-order valence-electron chi connectivity index (χ2n) is 6.95. The van der Waals surface area contributed by atoms with E-state index >= 15 is 0 Å². The lowest BCUT2D eigenvalue weighted by atomic mass is 10.1. The van der Waals surface area contributed by atoms with Crippen LogP contribution in [0.1, 0.15) is 24.8 Å². The third kappa shape index (κ3) is 4.45. The van der Waals surface area contributed by atoms with Crippen molar-refractivity contribution < 1.29 is 5.11 Å². The van der Waals surface area contributed by atoms with E-state index in [2.05, 4.69) is 16.0 Å². The first kappa shape index (κ1) is 21.8. The summed E-state index contributed by atoms with van der Waals surface area (Å²) in [5.41, 5.74) is 7.46. The van der Waals surface area contributed by atoms with E-state index in [0.717, 1.165) is 25.9 Å². The Morgan fingerprint density at radius 2 is 1.87 bits per heavy atom. The van der Waals surface area contributed by atoms with E-state index in [-0.39, 0.29) is 16.9 Å². The van der Waals surface area contributed by atoms with Crippen molar-refractivity contribution in [3.05, 3.63) is 56.4 Å². The van der Waals surface area contributed by atoms with Crippen LogP contribution in [0, 0.1) is 11.3 Å². The Bertz CT molecular complexity index is 1180. The van der Waals surface area contributed by atoms with Gasteiger partial charge in [0.2, 0.25) is 0 Å². The zero-order valence-corrected chi connectivity index (χ0v) is 17.9. The molecule has 1 fully saturated rings. The van der Waals surface area contributed by atoms with Gasteiger partial charge in [-0.15, -0.1) is 0 Å². The number of fused-ring (bicyclic) bond motifs is 1. The number of halogens is 2. The number of benzene rings is 1. The van der Waals surface area contributed by atoms with Crippen molar-refractivity contribution >= 4 is 45.6 Å². The van der Waals surface area contributed by atoms with Crippen LogP contribution in [-0.2, 0) is 7.05 Å². The summed E-state index contributed by atoms with van der Waals surface area (Å²) in [5, 5.41) is 19.2. The predicted molar refractivity (Wildman–Crippen MR) is 120 cm³/mol. The first-order valence-electron chi connectivity index (χ1n) is 9.41. The number of aromatic hydroxyl groups is 1. The van der Waals surface area contributed by atoms with Gasteiger partial charge < -0.3 is 20.3 Å². The maximum Gasteiger partial charge on any atom is 0.270 e. The average molecular weight is 446 g/mol. The molecule has 3 heterocycles. The van der Waals surface area contributed by atoms with Gasteiger partial charge in [0.15, 0.2) is 0 Å². The molecule has 3 aromatic rings. The molecule has 0 spiro atoms. The largest absolute Gasteiger partial charge is 0.506 e. The van der Waals surface area contributed by atoms with Gasteiger partial charge >= 0.3 is 0 Å². The molecule has 1 aromatic carbocycles. The fourth-order valence-corrected chi connectivity index (χ4v) is 3.73. The Hall–Kier alpha value is -2.95. The third-order valence-corrected chi connectivity index (χ3v) is 5.40. The second-order valence-corrected chi connectivity index (χ2v) is 7.78. The number of hydrogen-bond acceptors (Lipinski definition) is 6. The van der Waals surface area contributed by atoms with Crippen molar-refractivity contribution in [2.45, 2.75) is 19.3 Å². The molecule has 156 valence electrons. The molecule has 0 atom stereocenters. The van der Waals surface area contributed by atoms with E-state index in [1.165, 1.54) is 17.1 Å². The molecule has 0 aliphatic carbocycles. The Labute approximate surface area is 183 Å². The molecular formula is C21H21Cl2N5O2.